The molecule has 0 aromatic heterocycles. The molecule has 2 rings (SSSR count). The van der Waals surface area contributed by atoms with Crippen LogP contribution in [0.4, 0.5) is 4.79 Å². The largest absolute Gasteiger partial charge is 0.481 e. The molecule has 1 aromatic carbocycles. The number of halogens is 1. The Morgan fingerprint density at radius 2 is 1.88 bits per heavy atom. The summed E-state index contributed by atoms with van der Waals surface area (Å²) in [7, 11) is 0. The van der Waals surface area contributed by atoms with Gasteiger partial charge in [0.15, 0.2) is 0 Å². The molecule has 1 saturated carbocycles. The van der Waals surface area contributed by atoms with Crippen LogP contribution in [0.2, 0.25) is 5.02 Å². The maximum atomic E-state index is 12.3. The van der Waals surface area contributed by atoms with Gasteiger partial charge in [-0.1, -0.05) is 30.7 Å². The van der Waals surface area contributed by atoms with Gasteiger partial charge in [0.1, 0.15) is 0 Å². The Hall–Kier alpha value is -2.28. The van der Waals surface area contributed by atoms with Crippen molar-refractivity contribution in [3.8, 4) is 0 Å². The number of nitrogens with one attached hydrogen (secondary N) is 2. The van der Waals surface area contributed by atoms with Crippen LogP contribution in [0, 0.1) is 5.92 Å². The van der Waals surface area contributed by atoms with E-state index >= 15 is 0 Å². The van der Waals surface area contributed by atoms with E-state index in [4.69, 9.17) is 16.7 Å². The number of amides is 3. The van der Waals surface area contributed by atoms with E-state index in [1.54, 1.807) is 36.1 Å². The van der Waals surface area contributed by atoms with Gasteiger partial charge in [0.05, 0.1) is 12.5 Å². The van der Waals surface area contributed by atoms with E-state index in [1.165, 1.54) is 0 Å². The molecule has 25 heavy (non-hydrogen) atoms. The van der Waals surface area contributed by atoms with E-state index in [0.29, 0.717) is 11.6 Å². The van der Waals surface area contributed by atoms with Crippen molar-refractivity contribution in [2.75, 3.05) is 13.1 Å². The summed E-state index contributed by atoms with van der Waals surface area (Å²) in [5, 5.41) is 14.8. The summed E-state index contributed by atoms with van der Waals surface area (Å²) in [6.45, 7) is 1.89. The molecule has 0 spiro atoms. The van der Waals surface area contributed by atoms with E-state index in [9.17, 15) is 14.4 Å². The molecule has 0 aliphatic heterocycles. The van der Waals surface area contributed by atoms with E-state index in [0.717, 1.165) is 18.4 Å². The van der Waals surface area contributed by atoms with Crippen molar-refractivity contribution in [2.45, 2.75) is 32.4 Å². The molecule has 1 aliphatic rings. The Kier molecular flexibility index (Phi) is 6.64. The third-order valence-electron chi connectivity index (χ3n) is 3.97. The number of carbonyl (C=O) groups excluding carboxylic acids is 2. The van der Waals surface area contributed by atoms with Gasteiger partial charge in [-0.05, 0) is 30.5 Å². The van der Waals surface area contributed by atoms with Gasteiger partial charge in [-0.2, -0.15) is 0 Å². The zero-order chi connectivity index (χ0) is 18.4. The number of aliphatic carboxylic acids is 1. The fourth-order valence-electron chi connectivity index (χ4n) is 2.32. The van der Waals surface area contributed by atoms with Gasteiger partial charge in [0.25, 0.3) is 0 Å². The maximum absolute atomic E-state index is 12.3. The smallest absolute Gasteiger partial charge is 0.315 e. The molecule has 1 aromatic rings. The summed E-state index contributed by atoms with van der Waals surface area (Å²) < 4.78 is 0. The van der Waals surface area contributed by atoms with Gasteiger partial charge >= 0.3 is 12.0 Å². The number of hydrogen-bond donors (Lipinski definition) is 3. The highest BCUT2D eigenvalue weighted by atomic mass is 35.5. The minimum Gasteiger partial charge on any atom is -0.481 e. The molecule has 1 fully saturated rings. The van der Waals surface area contributed by atoms with Gasteiger partial charge in [-0.3, -0.25) is 9.59 Å². The van der Waals surface area contributed by atoms with E-state index in [2.05, 4.69) is 10.6 Å². The molecule has 3 N–H and O–H groups in total. The van der Waals surface area contributed by atoms with Crippen LogP contribution in [0.1, 0.15) is 25.3 Å². The first-order valence-corrected chi connectivity index (χ1v) is 8.53. The number of carbonyl (C=O) groups is 3. The van der Waals surface area contributed by atoms with Gasteiger partial charge < -0.3 is 20.6 Å². The molecule has 0 bridgehead atoms. The number of nitrogens with zero attached hydrogens (tertiary/aromatic N) is 1. The van der Waals surface area contributed by atoms with Gasteiger partial charge in [-0.15, -0.1) is 0 Å². The summed E-state index contributed by atoms with van der Waals surface area (Å²) >= 11 is 5.80. The number of carboxylic acid groups (broad SMARTS) is 1. The third kappa shape index (κ3) is 6.26. The first-order valence-electron chi connectivity index (χ1n) is 8.15. The Morgan fingerprint density at radius 1 is 1.24 bits per heavy atom. The summed E-state index contributed by atoms with van der Waals surface area (Å²) in [6.07, 6.45) is 1.75. The van der Waals surface area contributed by atoms with Crippen LogP contribution in [0.25, 0.3) is 0 Å². The average molecular weight is 368 g/mol. The van der Waals surface area contributed by atoms with Crippen molar-refractivity contribution < 1.29 is 19.5 Å². The zero-order valence-corrected chi connectivity index (χ0v) is 14.8. The molecule has 0 heterocycles. The molecular formula is C17H22ClN3O4. The zero-order valence-electron chi connectivity index (χ0n) is 14.0. The minimum atomic E-state index is -0.938. The fraction of sp³-hybridized carbons (Fsp3) is 0.471. The quantitative estimate of drug-likeness (QED) is 0.653. The second kappa shape index (κ2) is 8.71. The number of urea groups is 1. The standard InChI is InChI=1S/C17H22ClN3O4/c1-11(16(23)24)10-21(14-6-7-14)15(22)9-20-17(25)19-8-12-2-4-13(18)5-3-12/h2-5,11,14H,6-10H2,1H3,(H,23,24)(H2,19,20,25). The van der Waals surface area contributed by atoms with Crippen LogP contribution in [-0.4, -0.2) is 47.0 Å². The van der Waals surface area contributed by atoms with Crippen LogP contribution >= 0.6 is 11.6 Å². The third-order valence-corrected chi connectivity index (χ3v) is 4.22. The maximum Gasteiger partial charge on any atom is 0.315 e. The molecule has 136 valence electrons. The van der Waals surface area contributed by atoms with Crippen LogP contribution in [0.5, 0.6) is 0 Å². The molecule has 0 saturated heterocycles. The summed E-state index contributed by atoms with van der Waals surface area (Å²) in [5.41, 5.74) is 0.890. The van der Waals surface area contributed by atoms with Crippen LogP contribution in [0.3, 0.4) is 0 Å². The average Bonchev–Trinajstić information content (AvgIpc) is 3.41. The van der Waals surface area contributed by atoms with Crippen molar-refractivity contribution in [2.24, 2.45) is 5.92 Å². The highest BCUT2D eigenvalue weighted by molar-refractivity contribution is 6.30. The molecule has 0 radical (unpaired) electrons. The summed E-state index contributed by atoms with van der Waals surface area (Å²) in [6, 6.07) is 6.71. The molecule has 8 heteroatoms. The fourth-order valence-corrected chi connectivity index (χ4v) is 2.44. The van der Waals surface area contributed by atoms with Gasteiger partial charge in [0.2, 0.25) is 5.91 Å². The number of hydrogen-bond acceptors (Lipinski definition) is 3. The van der Waals surface area contributed by atoms with Crippen molar-refractivity contribution in [3.05, 3.63) is 34.9 Å². The molecule has 1 atom stereocenters. The van der Waals surface area contributed by atoms with Crippen LogP contribution in [-0.2, 0) is 16.1 Å². The predicted octanol–water partition coefficient (Wildman–Crippen LogP) is 1.85. The molecule has 1 aliphatic carbocycles. The predicted molar refractivity (Wildman–Crippen MR) is 93.2 cm³/mol. The number of benzene rings is 1. The molecule has 7 nitrogen and oxygen atoms in total. The Morgan fingerprint density at radius 3 is 2.44 bits per heavy atom. The monoisotopic (exact) mass is 367 g/mol. The van der Waals surface area contributed by atoms with Crippen molar-refractivity contribution >= 4 is 29.5 Å². The lowest BCUT2D eigenvalue weighted by Crippen LogP contribution is -2.46. The highest BCUT2D eigenvalue weighted by Gasteiger charge is 2.34. The summed E-state index contributed by atoms with van der Waals surface area (Å²) in [5.74, 6) is -1.84. The SMILES string of the molecule is CC(CN(C(=O)CNC(=O)NCc1ccc(Cl)cc1)C1CC1)C(=O)O. The lowest BCUT2D eigenvalue weighted by molar-refractivity contribution is -0.143. The highest BCUT2D eigenvalue weighted by Crippen LogP contribution is 2.27. The van der Waals surface area contributed by atoms with Crippen LogP contribution < -0.4 is 10.6 Å². The van der Waals surface area contributed by atoms with E-state index in [-0.39, 0.29) is 25.0 Å². The van der Waals surface area contributed by atoms with E-state index < -0.39 is 17.9 Å². The lowest BCUT2D eigenvalue weighted by Gasteiger charge is -2.24. The Bertz CT molecular complexity index is 631. The second-order valence-electron chi connectivity index (χ2n) is 6.18. The minimum absolute atomic E-state index is 0.0910. The van der Waals surface area contributed by atoms with Gasteiger partial charge in [0, 0.05) is 24.2 Å². The normalized spacial score (nSPS) is 14.5. The summed E-state index contributed by atoms with van der Waals surface area (Å²) in [4.78, 5) is 36.6. The van der Waals surface area contributed by atoms with Crippen molar-refractivity contribution in [3.63, 3.8) is 0 Å². The van der Waals surface area contributed by atoms with Crippen molar-refractivity contribution in [1.29, 1.82) is 0 Å². The number of carboxylic acids is 1. The topological polar surface area (TPSA) is 98.7 Å². The number of rotatable bonds is 8. The van der Waals surface area contributed by atoms with Gasteiger partial charge in [-0.25, -0.2) is 4.79 Å². The molecular weight excluding hydrogens is 346 g/mol. The molecule has 3 amide bonds. The lowest BCUT2D eigenvalue weighted by atomic mass is 10.1. The Balaban J connectivity index is 1.76. The van der Waals surface area contributed by atoms with Crippen LogP contribution in [0.15, 0.2) is 24.3 Å². The first kappa shape index (κ1) is 19.1. The Labute approximate surface area is 151 Å². The molecule has 1 unspecified atom stereocenters. The van der Waals surface area contributed by atoms with E-state index in [1.807, 2.05) is 0 Å². The second-order valence-corrected chi connectivity index (χ2v) is 6.62. The van der Waals surface area contributed by atoms with Crippen molar-refractivity contribution in [1.82, 2.24) is 15.5 Å². The first-order chi connectivity index (χ1) is 11.9.